The highest BCUT2D eigenvalue weighted by Crippen LogP contribution is 2.38. The van der Waals surface area contributed by atoms with Gasteiger partial charge >= 0.3 is 11.9 Å². The van der Waals surface area contributed by atoms with Crippen LogP contribution in [0.3, 0.4) is 0 Å². The zero-order valence-corrected chi connectivity index (χ0v) is 47.7. The van der Waals surface area contributed by atoms with Crippen LogP contribution in [0.5, 0.6) is 0 Å². The van der Waals surface area contributed by atoms with E-state index < -0.39 is 26.5 Å². The largest absolute Gasteiger partial charge is 0.756 e. The van der Waals surface area contributed by atoms with Crippen LogP contribution >= 0.6 is 7.82 Å². The van der Waals surface area contributed by atoms with Crippen LogP contribution in [0.15, 0.2) is 97.2 Å². The Balaban J connectivity index is 4.11. The molecule has 0 aliphatic heterocycles. The summed E-state index contributed by atoms with van der Waals surface area (Å²) in [4.78, 5) is 37.8. The van der Waals surface area contributed by atoms with Crippen molar-refractivity contribution in [3.63, 3.8) is 0 Å². The van der Waals surface area contributed by atoms with E-state index in [4.69, 9.17) is 18.5 Å². The lowest BCUT2D eigenvalue weighted by Crippen LogP contribution is -2.37. The summed E-state index contributed by atoms with van der Waals surface area (Å²) in [5.74, 6) is -0.838. The van der Waals surface area contributed by atoms with Crippen molar-refractivity contribution in [3.05, 3.63) is 97.2 Å². The fraction of sp³-hybridized carbons (Fsp3) is 0.710. The van der Waals surface area contributed by atoms with Crippen LogP contribution in [-0.2, 0) is 32.7 Å². The highest BCUT2D eigenvalue weighted by molar-refractivity contribution is 7.45. The molecule has 0 spiro atoms. The molecule has 0 aliphatic carbocycles. The van der Waals surface area contributed by atoms with E-state index in [1.807, 2.05) is 21.1 Å². The van der Waals surface area contributed by atoms with Crippen LogP contribution in [0.25, 0.3) is 0 Å². The predicted octanol–water partition coefficient (Wildman–Crippen LogP) is 17.4. The number of ether oxygens (including phenoxy) is 2. The second kappa shape index (κ2) is 52.8. The van der Waals surface area contributed by atoms with Crippen LogP contribution < -0.4 is 4.89 Å². The third kappa shape index (κ3) is 56.2. The Morgan fingerprint density at radius 2 is 0.792 bits per heavy atom. The smallest absolute Gasteiger partial charge is 0.306 e. The highest BCUT2D eigenvalue weighted by atomic mass is 31.2. The second-order valence-corrected chi connectivity index (χ2v) is 21.7. The molecule has 9 nitrogen and oxygen atoms in total. The van der Waals surface area contributed by atoms with E-state index in [1.165, 1.54) is 103 Å². The number of rotatable bonds is 52. The number of carbonyl (C=O) groups is 2. The molecule has 0 aliphatic rings. The van der Waals surface area contributed by atoms with Gasteiger partial charge in [0.25, 0.3) is 7.82 Å². The van der Waals surface area contributed by atoms with Crippen molar-refractivity contribution < 1.29 is 42.1 Å². The SMILES string of the molecule is CC/C=C\C/C=C\C/C=C\C/C=C\C/C=C\C/C=C\C/C=C\C/C=C\CCCCCCCCCCCCC(=O)OC(COC(=O)CCCCCCCCCCCCCCC)COP(=O)([O-])OCC[N+](C)(C)C. The number of likely N-dealkylation sites (N-methyl/N-ethyl adjacent to an activating group) is 1. The van der Waals surface area contributed by atoms with Gasteiger partial charge in [-0.1, -0.05) is 239 Å². The van der Waals surface area contributed by atoms with Crippen LogP contribution in [0.2, 0.25) is 0 Å². The first-order valence-electron chi connectivity index (χ1n) is 28.9. The van der Waals surface area contributed by atoms with Gasteiger partial charge in [0.15, 0.2) is 6.10 Å². The van der Waals surface area contributed by atoms with Crippen molar-refractivity contribution in [2.45, 2.75) is 238 Å². The first kappa shape index (κ1) is 68.9. The number of allylic oxidation sites excluding steroid dienone is 16. The van der Waals surface area contributed by atoms with Crippen LogP contribution in [0.4, 0.5) is 0 Å². The Morgan fingerprint density at radius 1 is 0.444 bits per heavy atom. The van der Waals surface area contributed by atoms with E-state index in [0.717, 1.165) is 96.3 Å². The molecule has 2 unspecified atom stereocenters. The van der Waals surface area contributed by atoms with E-state index in [1.54, 1.807) is 0 Å². The van der Waals surface area contributed by atoms with Crippen molar-refractivity contribution in [1.82, 2.24) is 0 Å². The molecule has 0 aromatic carbocycles. The van der Waals surface area contributed by atoms with Gasteiger partial charge in [-0.05, 0) is 77.0 Å². The number of phosphoric acid groups is 1. The molecule has 72 heavy (non-hydrogen) atoms. The monoisotopic (exact) mass is 1030 g/mol. The van der Waals surface area contributed by atoms with Gasteiger partial charge in [-0.25, -0.2) is 0 Å². The van der Waals surface area contributed by atoms with Gasteiger partial charge in [-0.2, -0.15) is 0 Å². The number of hydrogen-bond acceptors (Lipinski definition) is 8. The summed E-state index contributed by atoms with van der Waals surface area (Å²) in [5, 5.41) is 0. The summed E-state index contributed by atoms with van der Waals surface area (Å²) in [7, 11) is 1.16. The van der Waals surface area contributed by atoms with Crippen LogP contribution in [0.1, 0.15) is 232 Å². The average Bonchev–Trinajstić information content (AvgIpc) is 3.34. The number of carbonyl (C=O) groups excluding carboxylic acids is 2. The van der Waals surface area contributed by atoms with Gasteiger partial charge in [0.05, 0.1) is 27.7 Å². The number of esters is 2. The normalized spacial score (nSPS) is 14.0. The number of unbranched alkanes of at least 4 members (excludes halogenated alkanes) is 22. The summed E-state index contributed by atoms with van der Waals surface area (Å²) in [6.45, 7) is 4.12. The van der Waals surface area contributed by atoms with Gasteiger partial charge in [0.1, 0.15) is 19.8 Å². The maximum absolute atomic E-state index is 12.8. The molecule has 0 heterocycles. The van der Waals surface area contributed by atoms with E-state index in [0.29, 0.717) is 17.4 Å². The fourth-order valence-electron chi connectivity index (χ4n) is 7.67. The standard InChI is InChI=1S/C62H108NO8P/c1-6-8-10-12-14-16-18-20-21-22-23-24-25-26-27-28-29-30-31-32-33-34-35-36-37-38-39-40-41-43-45-47-49-51-53-55-62(65)71-60(59-70-72(66,67)69-57-56-63(3,4)5)58-68-61(64)54-52-50-48-46-44-42-19-17-15-13-11-9-7-2/h8,10,14,16,20-21,23-24,26-27,29-30,32-33,35-36,60H,6-7,9,11-13,15,17-19,22,25,28,31,34,37-59H2,1-5H3/b10-8-,16-14-,21-20-,24-23-,27-26-,30-29-,33-32-,36-35-. The van der Waals surface area contributed by atoms with Crippen molar-refractivity contribution >= 4 is 19.8 Å². The third-order valence-electron chi connectivity index (χ3n) is 12.1. The molecule has 0 radical (unpaired) electrons. The lowest BCUT2D eigenvalue weighted by molar-refractivity contribution is -0.870. The van der Waals surface area contributed by atoms with E-state index >= 15 is 0 Å². The first-order chi connectivity index (χ1) is 35.0. The summed E-state index contributed by atoms with van der Waals surface area (Å²) in [6.07, 6.45) is 71.7. The van der Waals surface area contributed by atoms with E-state index in [2.05, 4.69) is 111 Å². The molecular formula is C62H108NO8P. The molecule has 2 atom stereocenters. The summed E-state index contributed by atoms with van der Waals surface area (Å²) >= 11 is 0. The Labute approximate surface area is 443 Å². The van der Waals surface area contributed by atoms with Gasteiger partial charge in [-0.3, -0.25) is 14.2 Å². The quantitative estimate of drug-likeness (QED) is 0.0195. The van der Waals surface area contributed by atoms with Gasteiger partial charge < -0.3 is 27.9 Å². The summed E-state index contributed by atoms with van der Waals surface area (Å²) < 4.78 is 34.1. The van der Waals surface area contributed by atoms with Crippen molar-refractivity contribution in [2.75, 3.05) is 47.5 Å². The van der Waals surface area contributed by atoms with E-state index in [9.17, 15) is 19.0 Å². The molecule has 414 valence electrons. The molecule has 0 amide bonds. The topological polar surface area (TPSA) is 111 Å². The molecule has 0 bridgehead atoms. The van der Waals surface area contributed by atoms with Crippen LogP contribution in [-0.4, -0.2) is 70.0 Å². The number of nitrogens with zero attached hydrogens (tertiary/aromatic N) is 1. The summed E-state index contributed by atoms with van der Waals surface area (Å²) in [6, 6.07) is 0. The lowest BCUT2D eigenvalue weighted by Gasteiger charge is -2.28. The number of phosphoric ester groups is 1. The maximum Gasteiger partial charge on any atom is 0.306 e. The summed E-state index contributed by atoms with van der Waals surface area (Å²) in [5.41, 5.74) is 0. The fourth-order valence-corrected chi connectivity index (χ4v) is 8.40. The molecular weight excluding hydrogens is 918 g/mol. The molecule has 0 fully saturated rings. The molecule has 10 heteroatoms. The molecule has 0 rings (SSSR count). The number of hydrogen-bond donors (Lipinski definition) is 0. The van der Waals surface area contributed by atoms with Crippen LogP contribution in [0, 0.1) is 0 Å². The lowest BCUT2D eigenvalue weighted by atomic mass is 10.0. The van der Waals surface area contributed by atoms with Crippen molar-refractivity contribution in [3.8, 4) is 0 Å². The Hall–Kier alpha value is -3.07. The third-order valence-corrected chi connectivity index (χ3v) is 13.1. The molecule has 0 saturated carbocycles. The van der Waals surface area contributed by atoms with E-state index in [-0.39, 0.29) is 32.0 Å². The molecule has 0 saturated heterocycles. The Bertz CT molecular complexity index is 1540. The zero-order chi connectivity index (χ0) is 52.7. The number of quaternary nitrogens is 1. The maximum atomic E-state index is 12.8. The molecule has 0 N–H and O–H groups in total. The Kier molecular flexibility index (Phi) is 50.5. The molecule has 0 aromatic rings. The minimum atomic E-state index is -4.64. The zero-order valence-electron chi connectivity index (χ0n) is 46.8. The average molecular weight is 1030 g/mol. The molecule has 0 aromatic heterocycles. The predicted molar refractivity (Wildman–Crippen MR) is 305 cm³/mol. The minimum absolute atomic E-state index is 0.0343. The van der Waals surface area contributed by atoms with Gasteiger partial charge in [0.2, 0.25) is 0 Å². The van der Waals surface area contributed by atoms with Crippen molar-refractivity contribution in [2.24, 2.45) is 0 Å². The van der Waals surface area contributed by atoms with Gasteiger partial charge in [0, 0.05) is 12.8 Å². The Morgan fingerprint density at radius 3 is 1.18 bits per heavy atom. The van der Waals surface area contributed by atoms with Crippen molar-refractivity contribution in [1.29, 1.82) is 0 Å². The second-order valence-electron chi connectivity index (χ2n) is 20.3. The van der Waals surface area contributed by atoms with Gasteiger partial charge in [-0.15, -0.1) is 0 Å². The first-order valence-corrected chi connectivity index (χ1v) is 30.4. The highest BCUT2D eigenvalue weighted by Gasteiger charge is 2.21. The minimum Gasteiger partial charge on any atom is -0.756 e.